The molecule has 0 radical (unpaired) electrons. The fourth-order valence-electron chi connectivity index (χ4n) is 4.47. The van der Waals surface area contributed by atoms with Crippen LogP contribution in [0, 0.1) is 0 Å². The Morgan fingerprint density at radius 3 is 2.59 bits per heavy atom. The molecule has 178 valence electrons. The number of amides is 2. The number of carboxylic acids is 1. The molecule has 9 heteroatoms. The number of phenolic OH excluding ortho intramolecular Hbond substituents is 1. The predicted octanol–water partition coefficient (Wildman–Crippen LogP) is 1.55. The third-order valence-electron chi connectivity index (χ3n) is 6.26. The van der Waals surface area contributed by atoms with Gasteiger partial charge in [-0.05, 0) is 48.6 Å². The fraction of sp³-hybridized carbons (Fsp3) is 0.320. The number of aromatic nitrogens is 1. The van der Waals surface area contributed by atoms with E-state index < -0.39 is 35.9 Å². The van der Waals surface area contributed by atoms with Crippen molar-refractivity contribution >= 4 is 28.7 Å². The number of hydrogen-bond donors (Lipinski definition) is 5. The van der Waals surface area contributed by atoms with Crippen molar-refractivity contribution in [3.05, 3.63) is 65.9 Å². The number of carboxylic acid groups (broad SMARTS) is 1. The summed E-state index contributed by atoms with van der Waals surface area (Å²) in [4.78, 5) is 42.6. The Morgan fingerprint density at radius 2 is 1.85 bits per heavy atom. The summed E-state index contributed by atoms with van der Waals surface area (Å²) in [6, 6.07) is 11.2. The fourth-order valence-corrected chi connectivity index (χ4v) is 4.47. The predicted molar refractivity (Wildman–Crippen MR) is 126 cm³/mol. The van der Waals surface area contributed by atoms with Crippen molar-refractivity contribution in [1.29, 1.82) is 0 Å². The highest BCUT2D eigenvalue weighted by atomic mass is 16.4. The van der Waals surface area contributed by atoms with Crippen LogP contribution in [0.3, 0.4) is 0 Å². The van der Waals surface area contributed by atoms with E-state index in [2.05, 4.69) is 10.3 Å². The van der Waals surface area contributed by atoms with Crippen molar-refractivity contribution in [2.75, 3.05) is 6.54 Å². The van der Waals surface area contributed by atoms with Gasteiger partial charge in [-0.1, -0.05) is 30.3 Å². The summed E-state index contributed by atoms with van der Waals surface area (Å²) in [5.41, 5.74) is 8.64. The maximum absolute atomic E-state index is 13.4. The Balaban J connectivity index is 1.55. The number of aliphatic carboxylic acids is 1. The lowest BCUT2D eigenvalue weighted by molar-refractivity contribution is -0.149. The molecule has 1 aliphatic heterocycles. The van der Waals surface area contributed by atoms with E-state index in [0.717, 1.165) is 22.0 Å². The van der Waals surface area contributed by atoms with Gasteiger partial charge in [-0.25, -0.2) is 4.79 Å². The topological polar surface area (TPSA) is 149 Å². The van der Waals surface area contributed by atoms with Crippen molar-refractivity contribution in [2.45, 2.75) is 43.8 Å². The molecule has 0 aliphatic carbocycles. The summed E-state index contributed by atoms with van der Waals surface area (Å²) < 4.78 is 0. The molecule has 9 nitrogen and oxygen atoms in total. The Morgan fingerprint density at radius 1 is 1.12 bits per heavy atom. The number of nitrogens with zero attached hydrogens (tertiary/aromatic N) is 1. The van der Waals surface area contributed by atoms with E-state index in [0.29, 0.717) is 19.4 Å². The van der Waals surface area contributed by atoms with Gasteiger partial charge in [0, 0.05) is 30.1 Å². The summed E-state index contributed by atoms with van der Waals surface area (Å²) in [6.07, 6.45) is 3.20. The number of carbonyl (C=O) groups excluding carboxylic acids is 2. The molecule has 34 heavy (non-hydrogen) atoms. The van der Waals surface area contributed by atoms with Crippen molar-refractivity contribution < 1.29 is 24.6 Å². The van der Waals surface area contributed by atoms with Gasteiger partial charge in [0.05, 0.1) is 6.04 Å². The lowest BCUT2D eigenvalue weighted by Crippen LogP contribution is -2.55. The van der Waals surface area contributed by atoms with E-state index in [1.807, 2.05) is 24.3 Å². The molecule has 1 fully saturated rings. The number of aromatic hydroxyl groups is 1. The molecule has 0 unspecified atom stereocenters. The molecule has 0 spiro atoms. The number of H-pyrrole nitrogens is 1. The molecular formula is C25H28N4O5. The maximum Gasteiger partial charge on any atom is 0.326 e. The zero-order chi connectivity index (χ0) is 24.2. The van der Waals surface area contributed by atoms with E-state index in [1.54, 1.807) is 18.3 Å². The minimum Gasteiger partial charge on any atom is -0.508 e. The molecule has 0 bridgehead atoms. The number of nitrogens with two attached hydrogens (primary N) is 1. The number of para-hydroxylation sites is 1. The number of hydrogen-bond acceptors (Lipinski definition) is 5. The molecule has 2 amide bonds. The van der Waals surface area contributed by atoms with Crippen LogP contribution in [0.1, 0.15) is 24.0 Å². The molecular weight excluding hydrogens is 436 g/mol. The highest BCUT2D eigenvalue weighted by Gasteiger charge is 2.38. The Hall–Kier alpha value is -3.85. The summed E-state index contributed by atoms with van der Waals surface area (Å²) in [7, 11) is 0. The Labute approximate surface area is 196 Å². The SMILES string of the molecule is N[C@@H](Cc1ccc(O)cc1)C(=O)N[C@@H](Cc1c[nH]c2ccccc12)C(=O)N1CCC[C@@H]1C(=O)O. The van der Waals surface area contributed by atoms with Gasteiger partial charge in [-0.15, -0.1) is 0 Å². The number of fused-ring (bicyclic) bond motifs is 1. The van der Waals surface area contributed by atoms with Crippen LogP contribution >= 0.6 is 0 Å². The molecule has 1 aromatic heterocycles. The van der Waals surface area contributed by atoms with Crippen molar-refractivity contribution in [3.63, 3.8) is 0 Å². The maximum atomic E-state index is 13.4. The molecule has 1 saturated heterocycles. The number of benzene rings is 2. The van der Waals surface area contributed by atoms with Gasteiger partial charge < -0.3 is 31.1 Å². The monoisotopic (exact) mass is 464 g/mol. The van der Waals surface area contributed by atoms with E-state index in [-0.39, 0.29) is 18.6 Å². The first kappa shape index (κ1) is 23.3. The molecule has 0 saturated carbocycles. The van der Waals surface area contributed by atoms with Gasteiger partial charge >= 0.3 is 5.97 Å². The van der Waals surface area contributed by atoms with E-state index in [9.17, 15) is 24.6 Å². The zero-order valence-corrected chi connectivity index (χ0v) is 18.6. The summed E-state index contributed by atoms with van der Waals surface area (Å²) in [6.45, 7) is 0.329. The molecule has 3 aromatic rings. The number of carbonyl (C=O) groups is 3. The molecule has 2 aromatic carbocycles. The van der Waals surface area contributed by atoms with Gasteiger partial charge in [0.1, 0.15) is 17.8 Å². The summed E-state index contributed by atoms with van der Waals surface area (Å²) in [5, 5.41) is 22.7. The van der Waals surface area contributed by atoms with E-state index in [4.69, 9.17) is 5.73 Å². The van der Waals surface area contributed by atoms with Gasteiger partial charge in [0.15, 0.2) is 0 Å². The van der Waals surface area contributed by atoms with Crippen LogP contribution in [-0.4, -0.2) is 62.6 Å². The van der Waals surface area contributed by atoms with Gasteiger partial charge in [-0.2, -0.15) is 0 Å². The number of aromatic amines is 1. The van der Waals surface area contributed by atoms with Crippen LogP contribution in [0.15, 0.2) is 54.7 Å². The quantitative estimate of drug-likeness (QED) is 0.341. The second-order valence-electron chi connectivity index (χ2n) is 8.63. The Kier molecular flexibility index (Phi) is 6.83. The standard InChI is InChI=1S/C25H28N4O5/c26-19(12-15-7-9-17(30)10-8-15)23(31)28-21(24(32)29-11-3-6-22(29)25(33)34)13-16-14-27-20-5-2-1-4-18(16)20/h1-2,4-5,7-10,14,19,21-22,27,30H,3,6,11-13,26H2,(H,28,31)(H,33,34)/t19-,21-,22+/m0/s1. The normalized spacial score (nSPS) is 17.4. The highest BCUT2D eigenvalue weighted by molar-refractivity contribution is 5.93. The third kappa shape index (κ3) is 5.04. The summed E-state index contributed by atoms with van der Waals surface area (Å²) >= 11 is 0. The number of likely N-dealkylation sites (tertiary alicyclic amines) is 1. The Bertz CT molecular complexity index is 1190. The average Bonchev–Trinajstić information content (AvgIpc) is 3.47. The molecule has 2 heterocycles. The second-order valence-corrected chi connectivity index (χ2v) is 8.63. The van der Waals surface area contributed by atoms with Crippen LogP contribution in [0.25, 0.3) is 10.9 Å². The third-order valence-corrected chi connectivity index (χ3v) is 6.26. The van der Waals surface area contributed by atoms with Gasteiger partial charge in [0.2, 0.25) is 11.8 Å². The second kappa shape index (κ2) is 9.96. The molecule has 1 aliphatic rings. The highest BCUT2D eigenvalue weighted by Crippen LogP contribution is 2.23. The van der Waals surface area contributed by atoms with Gasteiger partial charge in [-0.3, -0.25) is 9.59 Å². The van der Waals surface area contributed by atoms with Crippen LogP contribution in [-0.2, 0) is 27.2 Å². The van der Waals surface area contributed by atoms with Crippen LogP contribution < -0.4 is 11.1 Å². The average molecular weight is 465 g/mol. The molecule has 3 atom stereocenters. The van der Waals surface area contributed by atoms with Crippen molar-refractivity contribution in [3.8, 4) is 5.75 Å². The zero-order valence-electron chi connectivity index (χ0n) is 18.6. The van der Waals surface area contributed by atoms with E-state index in [1.165, 1.54) is 17.0 Å². The smallest absolute Gasteiger partial charge is 0.326 e. The number of nitrogens with one attached hydrogen (secondary N) is 2. The first-order valence-electron chi connectivity index (χ1n) is 11.3. The lowest BCUT2D eigenvalue weighted by Gasteiger charge is -2.28. The van der Waals surface area contributed by atoms with E-state index >= 15 is 0 Å². The summed E-state index contributed by atoms with van der Waals surface area (Å²) in [5.74, 6) is -1.87. The van der Waals surface area contributed by atoms with Crippen molar-refractivity contribution in [2.24, 2.45) is 5.73 Å². The molecule has 6 N–H and O–H groups in total. The first-order valence-corrected chi connectivity index (χ1v) is 11.3. The minimum atomic E-state index is -1.05. The first-order chi connectivity index (χ1) is 16.3. The molecule has 4 rings (SSSR count). The largest absolute Gasteiger partial charge is 0.508 e. The van der Waals surface area contributed by atoms with Gasteiger partial charge in [0.25, 0.3) is 0 Å². The lowest BCUT2D eigenvalue weighted by atomic mass is 10.0. The van der Waals surface area contributed by atoms with Crippen LogP contribution in [0.5, 0.6) is 5.75 Å². The minimum absolute atomic E-state index is 0.116. The van der Waals surface area contributed by atoms with Crippen LogP contribution in [0.4, 0.5) is 0 Å². The van der Waals surface area contributed by atoms with Crippen molar-refractivity contribution in [1.82, 2.24) is 15.2 Å². The number of phenols is 1. The number of rotatable bonds is 8. The van der Waals surface area contributed by atoms with Crippen LogP contribution in [0.2, 0.25) is 0 Å².